The zero-order valence-electron chi connectivity index (χ0n) is 17.8. The zero-order chi connectivity index (χ0) is 22.8. The van der Waals surface area contributed by atoms with E-state index in [1.807, 2.05) is 38.1 Å². The molecule has 3 heterocycles. The maximum Gasteiger partial charge on any atom is 0.341 e. The van der Waals surface area contributed by atoms with Crippen LogP contribution in [-0.2, 0) is 16.1 Å². The molecule has 1 N–H and O–H groups in total. The van der Waals surface area contributed by atoms with Crippen molar-refractivity contribution < 1.29 is 14.3 Å². The highest BCUT2D eigenvalue weighted by atomic mass is 32.1. The van der Waals surface area contributed by atoms with Crippen LogP contribution in [0, 0.1) is 13.8 Å². The van der Waals surface area contributed by atoms with Gasteiger partial charge >= 0.3 is 5.97 Å². The van der Waals surface area contributed by atoms with Crippen LogP contribution < -0.4 is 10.9 Å². The van der Waals surface area contributed by atoms with Crippen LogP contribution in [0.5, 0.6) is 0 Å². The highest BCUT2D eigenvalue weighted by Crippen LogP contribution is 2.40. The van der Waals surface area contributed by atoms with Crippen molar-refractivity contribution in [2.45, 2.75) is 27.3 Å². The second-order valence-corrected chi connectivity index (χ2v) is 9.33. The van der Waals surface area contributed by atoms with Gasteiger partial charge in [-0.1, -0.05) is 29.8 Å². The van der Waals surface area contributed by atoms with Gasteiger partial charge in [0.25, 0.3) is 5.56 Å². The number of fused-ring (bicyclic) bond motifs is 1. The predicted molar refractivity (Wildman–Crippen MR) is 128 cm³/mol. The third kappa shape index (κ3) is 4.21. The molecule has 0 aliphatic carbocycles. The molecule has 0 fully saturated rings. The molecular formula is C23H21N3O4S2. The lowest BCUT2D eigenvalue weighted by Gasteiger charge is -2.10. The number of esters is 1. The molecule has 0 aliphatic heterocycles. The molecule has 0 saturated carbocycles. The molecule has 0 radical (unpaired) electrons. The van der Waals surface area contributed by atoms with Crippen LogP contribution >= 0.6 is 22.7 Å². The minimum absolute atomic E-state index is 0.210. The predicted octanol–water partition coefficient (Wildman–Crippen LogP) is 4.62. The van der Waals surface area contributed by atoms with Gasteiger partial charge in [-0.15, -0.1) is 22.7 Å². The first-order valence-corrected chi connectivity index (χ1v) is 11.7. The van der Waals surface area contributed by atoms with Crippen LogP contribution in [0.4, 0.5) is 5.00 Å². The number of anilines is 1. The summed E-state index contributed by atoms with van der Waals surface area (Å²) in [5, 5.41) is 4.99. The first kappa shape index (κ1) is 21.9. The van der Waals surface area contributed by atoms with E-state index >= 15 is 0 Å². The number of amides is 1. The Morgan fingerprint density at radius 3 is 2.62 bits per heavy atom. The lowest BCUT2D eigenvalue weighted by Crippen LogP contribution is -2.27. The van der Waals surface area contributed by atoms with Crippen molar-refractivity contribution in [2.24, 2.45) is 0 Å². The van der Waals surface area contributed by atoms with Crippen molar-refractivity contribution in [2.75, 3.05) is 11.9 Å². The van der Waals surface area contributed by atoms with Gasteiger partial charge in [-0.3, -0.25) is 14.2 Å². The first-order chi connectivity index (χ1) is 15.4. The second kappa shape index (κ2) is 9.05. The standard InChI is InChI=1S/C23H21N3O4S2/c1-4-30-23(29)19-18(15-7-5-13(2)6-8-15)14(3)32-21(19)25-17(27)11-26-12-24-16-9-10-31-20(16)22(26)28/h5-10,12H,4,11H2,1-3H3,(H,25,27). The summed E-state index contributed by atoms with van der Waals surface area (Å²) in [4.78, 5) is 43.3. The van der Waals surface area contributed by atoms with Crippen molar-refractivity contribution in [1.29, 1.82) is 0 Å². The van der Waals surface area contributed by atoms with E-state index in [1.54, 1.807) is 18.4 Å². The third-order valence-electron chi connectivity index (χ3n) is 4.91. The molecular weight excluding hydrogens is 446 g/mol. The summed E-state index contributed by atoms with van der Waals surface area (Å²) < 4.78 is 7.04. The first-order valence-electron chi connectivity index (χ1n) is 9.99. The average molecular weight is 468 g/mol. The number of aromatic nitrogens is 2. The van der Waals surface area contributed by atoms with Gasteiger partial charge in [0.2, 0.25) is 5.91 Å². The van der Waals surface area contributed by atoms with E-state index in [0.717, 1.165) is 21.6 Å². The number of thiophene rings is 2. The van der Waals surface area contributed by atoms with Gasteiger partial charge in [0, 0.05) is 10.4 Å². The molecule has 0 atom stereocenters. The van der Waals surface area contributed by atoms with E-state index < -0.39 is 11.9 Å². The minimum Gasteiger partial charge on any atom is -0.462 e. The highest BCUT2D eigenvalue weighted by Gasteiger charge is 2.25. The molecule has 0 bridgehead atoms. The van der Waals surface area contributed by atoms with Gasteiger partial charge in [-0.25, -0.2) is 9.78 Å². The molecule has 4 rings (SSSR count). The molecule has 3 aromatic heterocycles. The zero-order valence-corrected chi connectivity index (χ0v) is 19.4. The van der Waals surface area contributed by atoms with Gasteiger partial charge in [0.05, 0.1) is 18.5 Å². The summed E-state index contributed by atoms with van der Waals surface area (Å²) in [6.07, 6.45) is 1.36. The molecule has 7 nitrogen and oxygen atoms in total. The van der Waals surface area contributed by atoms with Crippen molar-refractivity contribution in [3.63, 3.8) is 0 Å². The Labute approximate surface area is 192 Å². The topological polar surface area (TPSA) is 90.3 Å². The molecule has 4 aromatic rings. The number of nitrogens with zero attached hydrogens (tertiary/aromatic N) is 2. The Hall–Kier alpha value is -3.30. The van der Waals surface area contributed by atoms with Gasteiger partial charge in [0.15, 0.2) is 0 Å². The summed E-state index contributed by atoms with van der Waals surface area (Å²) in [5.41, 5.74) is 3.38. The van der Waals surface area contributed by atoms with E-state index in [0.29, 0.717) is 20.8 Å². The second-order valence-electron chi connectivity index (χ2n) is 7.18. The quantitative estimate of drug-likeness (QED) is 0.418. The SMILES string of the molecule is CCOC(=O)c1c(NC(=O)Cn2cnc3ccsc3c2=O)sc(C)c1-c1ccc(C)cc1. The van der Waals surface area contributed by atoms with Crippen molar-refractivity contribution >= 4 is 49.8 Å². The molecule has 0 aliphatic rings. The average Bonchev–Trinajstić information content (AvgIpc) is 3.36. The number of carbonyl (C=O) groups excluding carboxylic acids is 2. The number of ether oxygens (including phenoxy) is 1. The summed E-state index contributed by atoms with van der Waals surface area (Å²) in [6.45, 7) is 5.64. The largest absolute Gasteiger partial charge is 0.462 e. The number of aryl methyl sites for hydroxylation is 2. The van der Waals surface area contributed by atoms with E-state index in [-0.39, 0.29) is 18.7 Å². The van der Waals surface area contributed by atoms with Crippen LogP contribution in [0.2, 0.25) is 0 Å². The summed E-state index contributed by atoms with van der Waals surface area (Å²) >= 11 is 2.60. The lowest BCUT2D eigenvalue weighted by molar-refractivity contribution is -0.116. The van der Waals surface area contributed by atoms with E-state index in [9.17, 15) is 14.4 Å². The number of hydrogen-bond donors (Lipinski definition) is 1. The van der Waals surface area contributed by atoms with Gasteiger partial charge in [-0.2, -0.15) is 0 Å². The van der Waals surface area contributed by atoms with Crippen molar-refractivity contribution in [3.8, 4) is 11.1 Å². The van der Waals surface area contributed by atoms with Gasteiger partial charge in [0.1, 0.15) is 21.8 Å². The van der Waals surface area contributed by atoms with Crippen molar-refractivity contribution in [1.82, 2.24) is 9.55 Å². The van der Waals surface area contributed by atoms with Gasteiger partial charge < -0.3 is 10.1 Å². The smallest absolute Gasteiger partial charge is 0.341 e. The Morgan fingerprint density at radius 2 is 1.91 bits per heavy atom. The molecule has 32 heavy (non-hydrogen) atoms. The fourth-order valence-electron chi connectivity index (χ4n) is 3.41. The molecule has 0 unspecified atom stereocenters. The van der Waals surface area contributed by atoms with Gasteiger partial charge in [-0.05, 0) is 37.8 Å². The molecule has 9 heteroatoms. The number of benzene rings is 1. The fourth-order valence-corrected chi connectivity index (χ4v) is 5.28. The number of rotatable bonds is 6. The van der Waals surface area contributed by atoms with Crippen LogP contribution in [0.15, 0.2) is 46.8 Å². The van der Waals surface area contributed by atoms with Crippen LogP contribution in [0.25, 0.3) is 21.3 Å². The Kier molecular flexibility index (Phi) is 6.20. The normalized spacial score (nSPS) is 11.0. The molecule has 0 saturated heterocycles. The minimum atomic E-state index is -0.499. The third-order valence-corrected chi connectivity index (χ3v) is 6.82. The monoisotopic (exact) mass is 467 g/mol. The Morgan fingerprint density at radius 1 is 1.16 bits per heavy atom. The van der Waals surface area contributed by atoms with Crippen LogP contribution in [0.1, 0.15) is 27.7 Å². The molecule has 1 aromatic carbocycles. The number of carbonyl (C=O) groups is 2. The summed E-state index contributed by atoms with van der Waals surface area (Å²) in [7, 11) is 0. The molecule has 1 amide bonds. The Balaban J connectivity index is 1.67. The maximum atomic E-state index is 12.8. The van der Waals surface area contributed by atoms with Crippen molar-refractivity contribution in [3.05, 3.63) is 68.4 Å². The lowest BCUT2D eigenvalue weighted by atomic mass is 10.0. The fraction of sp³-hybridized carbons (Fsp3) is 0.217. The Bertz CT molecular complexity index is 1370. The molecule has 0 spiro atoms. The number of nitrogens with one attached hydrogen (secondary N) is 1. The highest BCUT2D eigenvalue weighted by molar-refractivity contribution is 7.17. The summed E-state index contributed by atoms with van der Waals surface area (Å²) in [5.74, 6) is -0.923. The van der Waals surface area contributed by atoms with E-state index in [4.69, 9.17) is 4.74 Å². The van der Waals surface area contributed by atoms with Crippen LogP contribution in [-0.4, -0.2) is 28.0 Å². The van der Waals surface area contributed by atoms with Crippen LogP contribution in [0.3, 0.4) is 0 Å². The molecule has 164 valence electrons. The maximum absolute atomic E-state index is 12.8. The number of hydrogen-bond acceptors (Lipinski definition) is 7. The summed E-state index contributed by atoms with van der Waals surface area (Å²) in [6, 6.07) is 9.60. The van der Waals surface area contributed by atoms with E-state index in [1.165, 1.54) is 33.6 Å². The van der Waals surface area contributed by atoms with E-state index in [2.05, 4.69) is 10.3 Å².